The lowest BCUT2D eigenvalue weighted by atomic mass is 9.97. The van der Waals surface area contributed by atoms with Crippen LogP contribution in [0.1, 0.15) is 37.7 Å². The van der Waals surface area contributed by atoms with Gasteiger partial charge in [-0.25, -0.2) is 9.97 Å². The van der Waals surface area contributed by atoms with Crippen LogP contribution in [-0.4, -0.2) is 23.6 Å². The molecule has 1 heterocycles. The molecule has 3 rings (SSSR count). The van der Waals surface area contributed by atoms with Crippen molar-refractivity contribution < 1.29 is 4.74 Å². The number of nitrogens with one attached hydrogen (secondary N) is 2. The summed E-state index contributed by atoms with van der Waals surface area (Å²) in [5.74, 6) is 2.18. The van der Waals surface area contributed by atoms with Crippen LogP contribution in [0.25, 0.3) is 0 Å². The zero-order valence-corrected chi connectivity index (χ0v) is 15.3. The summed E-state index contributed by atoms with van der Waals surface area (Å²) in [6, 6.07) is 7.90. The lowest BCUT2D eigenvalue weighted by Gasteiger charge is -2.15. The maximum atomic E-state index is 6.23. The van der Waals surface area contributed by atoms with Crippen molar-refractivity contribution in [3.63, 3.8) is 0 Å². The van der Waals surface area contributed by atoms with Crippen LogP contribution in [0.2, 0.25) is 0 Å². The van der Waals surface area contributed by atoms with Crippen LogP contribution >= 0.6 is 0 Å². The molecule has 2 aromatic rings. The molecule has 0 saturated heterocycles. The van der Waals surface area contributed by atoms with E-state index in [-0.39, 0.29) is 0 Å². The Labute approximate surface area is 154 Å². The van der Waals surface area contributed by atoms with Crippen LogP contribution in [0.3, 0.4) is 0 Å². The van der Waals surface area contributed by atoms with Gasteiger partial charge in [-0.3, -0.25) is 0 Å². The van der Waals surface area contributed by atoms with E-state index >= 15 is 0 Å². The number of nitrogens with two attached hydrogens (primary N) is 1. The third-order valence-electron chi connectivity index (χ3n) is 4.63. The fourth-order valence-electron chi connectivity index (χ4n) is 3.08. The van der Waals surface area contributed by atoms with E-state index in [0.717, 1.165) is 24.3 Å². The van der Waals surface area contributed by atoms with E-state index in [1.54, 1.807) is 7.11 Å². The summed E-state index contributed by atoms with van der Waals surface area (Å²) in [5.41, 5.74) is 9.45. The number of rotatable bonds is 8. The first-order valence-electron chi connectivity index (χ1n) is 9.15. The van der Waals surface area contributed by atoms with Crippen molar-refractivity contribution in [2.75, 3.05) is 30.0 Å². The van der Waals surface area contributed by atoms with Gasteiger partial charge in [0.15, 0.2) is 11.6 Å². The predicted molar refractivity (Wildman–Crippen MR) is 106 cm³/mol. The van der Waals surface area contributed by atoms with Crippen LogP contribution < -0.4 is 21.1 Å². The average Bonchev–Trinajstić information content (AvgIpc) is 2.69. The Kier molecular flexibility index (Phi) is 6.30. The zero-order valence-electron chi connectivity index (χ0n) is 15.3. The maximum Gasteiger partial charge on any atom is 0.155 e. The molecule has 0 bridgehead atoms. The smallest absolute Gasteiger partial charge is 0.155 e. The number of methoxy groups -OCH3 is 1. The number of benzene rings is 1. The van der Waals surface area contributed by atoms with Crippen LogP contribution in [0.5, 0.6) is 5.75 Å². The summed E-state index contributed by atoms with van der Waals surface area (Å²) in [6.07, 6.45) is 10.0. The molecule has 26 heavy (non-hydrogen) atoms. The first-order chi connectivity index (χ1) is 12.8. The van der Waals surface area contributed by atoms with Crippen molar-refractivity contribution >= 4 is 17.3 Å². The van der Waals surface area contributed by atoms with Gasteiger partial charge in [-0.05, 0) is 49.8 Å². The molecule has 6 nitrogen and oxygen atoms in total. The van der Waals surface area contributed by atoms with Gasteiger partial charge in [-0.15, -0.1) is 0 Å². The summed E-state index contributed by atoms with van der Waals surface area (Å²) in [6.45, 7) is 1.47. The van der Waals surface area contributed by atoms with Gasteiger partial charge in [0.25, 0.3) is 0 Å². The molecule has 0 radical (unpaired) electrons. The molecule has 1 aliphatic carbocycles. The van der Waals surface area contributed by atoms with Gasteiger partial charge in [-0.1, -0.05) is 23.8 Å². The average molecular weight is 353 g/mol. The van der Waals surface area contributed by atoms with Gasteiger partial charge in [-0.2, -0.15) is 0 Å². The van der Waals surface area contributed by atoms with Crippen LogP contribution in [0.4, 0.5) is 17.3 Å². The maximum absolute atomic E-state index is 6.23. The fraction of sp³-hybridized carbons (Fsp3) is 0.400. The molecule has 1 aliphatic rings. The Balaban J connectivity index is 1.54. The quantitative estimate of drug-likeness (QED) is 0.623. The fourth-order valence-corrected chi connectivity index (χ4v) is 3.08. The van der Waals surface area contributed by atoms with Crippen molar-refractivity contribution in [1.82, 2.24) is 9.97 Å². The molecule has 1 aromatic heterocycles. The van der Waals surface area contributed by atoms with Crippen molar-refractivity contribution in [2.45, 2.75) is 38.6 Å². The number of hydrogen-bond donors (Lipinski definition) is 3. The standard InChI is InChI=1S/C20H27N5O/c1-26-17-9-7-16(8-10-17)13-23-20-18(21)19(24-14-25-20)22-12-11-15-5-3-2-4-6-15/h5,7-10,14H,2-4,6,11-13,21H2,1H3,(H2,22,23,24,25). The highest BCUT2D eigenvalue weighted by Gasteiger charge is 2.09. The molecule has 6 heteroatoms. The molecule has 1 aromatic carbocycles. The summed E-state index contributed by atoms with van der Waals surface area (Å²) >= 11 is 0. The lowest BCUT2D eigenvalue weighted by Crippen LogP contribution is -2.11. The highest BCUT2D eigenvalue weighted by Crippen LogP contribution is 2.24. The first-order valence-corrected chi connectivity index (χ1v) is 9.15. The van der Waals surface area contributed by atoms with Crippen LogP contribution in [0.15, 0.2) is 42.2 Å². The largest absolute Gasteiger partial charge is 0.497 e. The number of hydrogen-bond acceptors (Lipinski definition) is 6. The summed E-state index contributed by atoms with van der Waals surface area (Å²) in [5, 5.41) is 6.62. The number of nitrogen functional groups attached to an aromatic ring is 1. The number of nitrogens with zero attached hydrogens (tertiary/aromatic N) is 2. The minimum atomic E-state index is 0.554. The van der Waals surface area contributed by atoms with E-state index in [2.05, 4.69) is 26.7 Å². The highest BCUT2D eigenvalue weighted by molar-refractivity contribution is 5.74. The molecule has 0 amide bonds. The Morgan fingerprint density at radius 2 is 1.85 bits per heavy atom. The van der Waals surface area contributed by atoms with Gasteiger partial charge < -0.3 is 21.1 Å². The molecule has 0 fully saturated rings. The zero-order chi connectivity index (χ0) is 18.2. The topological polar surface area (TPSA) is 85.1 Å². The Morgan fingerprint density at radius 3 is 2.54 bits per heavy atom. The lowest BCUT2D eigenvalue weighted by molar-refractivity contribution is 0.414. The van der Waals surface area contributed by atoms with E-state index in [0.29, 0.717) is 23.9 Å². The highest BCUT2D eigenvalue weighted by atomic mass is 16.5. The second-order valence-electron chi connectivity index (χ2n) is 6.47. The molecule has 0 spiro atoms. The summed E-state index contributed by atoms with van der Waals surface area (Å²) < 4.78 is 5.17. The monoisotopic (exact) mass is 353 g/mol. The van der Waals surface area contributed by atoms with E-state index in [4.69, 9.17) is 10.5 Å². The number of anilines is 3. The molecule has 0 saturated carbocycles. The molecular weight excluding hydrogens is 326 g/mol. The van der Waals surface area contributed by atoms with E-state index in [1.807, 2.05) is 24.3 Å². The SMILES string of the molecule is COc1ccc(CNc2ncnc(NCCC3=CCCCC3)c2N)cc1. The third-order valence-corrected chi connectivity index (χ3v) is 4.63. The summed E-state index contributed by atoms with van der Waals surface area (Å²) in [4.78, 5) is 8.54. The summed E-state index contributed by atoms with van der Waals surface area (Å²) in [7, 11) is 1.66. The first kappa shape index (κ1) is 18.0. The second-order valence-corrected chi connectivity index (χ2v) is 6.47. The minimum Gasteiger partial charge on any atom is -0.497 e. The molecule has 0 aliphatic heterocycles. The Bertz CT molecular complexity index is 742. The van der Waals surface area contributed by atoms with Crippen LogP contribution in [0, 0.1) is 0 Å². The van der Waals surface area contributed by atoms with Crippen molar-refractivity contribution in [3.8, 4) is 5.75 Å². The molecule has 0 unspecified atom stereocenters. The molecular formula is C20H27N5O. The normalized spacial score (nSPS) is 13.8. The van der Waals surface area contributed by atoms with E-state index in [1.165, 1.54) is 37.6 Å². The minimum absolute atomic E-state index is 0.554. The van der Waals surface area contributed by atoms with Crippen molar-refractivity contribution in [1.29, 1.82) is 0 Å². The Hall–Kier alpha value is -2.76. The third kappa shape index (κ3) is 4.88. The molecule has 0 atom stereocenters. The number of ether oxygens (including phenoxy) is 1. The molecule has 138 valence electrons. The number of allylic oxidation sites excluding steroid dienone is 1. The van der Waals surface area contributed by atoms with Crippen LogP contribution in [-0.2, 0) is 6.54 Å². The van der Waals surface area contributed by atoms with Gasteiger partial charge >= 0.3 is 0 Å². The Morgan fingerprint density at radius 1 is 1.08 bits per heavy atom. The van der Waals surface area contributed by atoms with Gasteiger partial charge in [0.1, 0.15) is 17.8 Å². The van der Waals surface area contributed by atoms with E-state index < -0.39 is 0 Å². The van der Waals surface area contributed by atoms with Gasteiger partial charge in [0.05, 0.1) is 7.11 Å². The van der Waals surface area contributed by atoms with Crippen molar-refractivity contribution in [2.24, 2.45) is 0 Å². The van der Waals surface area contributed by atoms with Gasteiger partial charge in [0, 0.05) is 13.1 Å². The van der Waals surface area contributed by atoms with Crippen molar-refractivity contribution in [3.05, 3.63) is 47.8 Å². The molecule has 4 N–H and O–H groups in total. The number of aromatic nitrogens is 2. The second kappa shape index (κ2) is 9.08. The van der Waals surface area contributed by atoms with E-state index in [9.17, 15) is 0 Å². The predicted octanol–water partition coefficient (Wildman–Crippen LogP) is 3.98. The van der Waals surface area contributed by atoms with Gasteiger partial charge in [0.2, 0.25) is 0 Å².